The third kappa shape index (κ3) is 2.84. The number of rotatable bonds is 2. The number of nitrogens with zero attached hydrogens (tertiary/aromatic N) is 2. The summed E-state index contributed by atoms with van der Waals surface area (Å²) in [4.78, 5) is 7.09. The van der Waals surface area contributed by atoms with Crippen molar-refractivity contribution in [3.8, 4) is 11.5 Å². The number of ether oxygens (including phenoxy) is 1. The highest BCUT2D eigenvalue weighted by Crippen LogP contribution is 2.50. The molecule has 4 aromatic rings. The molecule has 0 saturated carbocycles. The van der Waals surface area contributed by atoms with Crippen molar-refractivity contribution in [2.75, 3.05) is 4.90 Å². The Bertz CT molecular complexity index is 1270. The van der Waals surface area contributed by atoms with Crippen LogP contribution < -0.4 is 9.64 Å². The van der Waals surface area contributed by atoms with Crippen molar-refractivity contribution in [1.82, 2.24) is 0 Å². The number of hydrogen-bond donors (Lipinski definition) is 0. The second-order valence-corrected chi connectivity index (χ2v) is 8.34. The van der Waals surface area contributed by atoms with Crippen LogP contribution in [-0.2, 0) is 6.42 Å². The molecule has 144 valence electrons. The fourth-order valence-corrected chi connectivity index (χ4v) is 4.53. The standard InChI is InChI=1S/C26H17BrN2O/c27-19-11-14-21-18(15-19)16-22(28-21)17-9-12-20(13-10-17)29-23-5-1-3-7-25(23)30-26-8-4-2-6-24(26)29/h1-15H,16H2. The summed E-state index contributed by atoms with van der Waals surface area (Å²) in [5, 5.41) is 0. The van der Waals surface area contributed by atoms with Crippen molar-refractivity contribution < 1.29 is 4.74 Å². The highest BCUT2D eigenvalue weighted by molar-refractivity contribution is 9.10. The molecule has 0 aromatic heterocycles. The van der Waals surface area contributed by atoms with Gasteiger partial charge in [-0.1, -0.05) is 52.3 Å². The Kier molecular flexibility index (Phi) is 3.99. The van der Waals surface area contributed by atoms with E-state index in [9.17, 15) is 0 Å². The van der Waals surface area contributed by atoms with Crippen LogP contribution >= 0.6 is 15.9 Å². The van der Waals surface area contributed by atoms with Gasteiger partial charge in [0.1, 0.15) is 0 Å². The molecule has 6 rings (SSSR count). The topological polar surface area (TPSA) is 24.8 Å². The molecular weight excluding hydrogens is 436 g/mol. The van der Waals surface area contributed by atoms with Crippen LogP contribution in [0.4, 0.5) is 22.7 Å². The quantitative estimate of drug-likeness (QED) is 0.274. The first-order valence-corrected chi connectivity index (χ1v) is 10.7. The Morgan fingerprint density at radius 1 is 0.767 bits per heavy atom. The minimum Gasteiger partial charge on any atom is -0.453 e. The molecule has 0 fully saturated rings. The van der Waals surface area contributed by atoms with E-state index in [1.54, 1.807) is 0 Å². The minimum atomic E-state index is 0.858. The van der Waals surface area contributed by atoms with Gasteiger partial charge in [-0.3, -0.25) is 4.99 Å². The van der Waals surface area contributed by atoms with Gasteiger partial charge in [-0.15, -0.1) is 0 Å². The Labute approximate surface area is 183 Å². The summed E-state index contributed by atoms with van der Waals surface area (Å²) in [5.74, 6) is 1.72. The first kappa shape index (κ1) is 17.5. The maximum absolute atomic E-state index is 6.12. The summed E-state index contributed by atoms with van der Waals surface area (Å²) in [6.45, 7) is 0. The fraction of sp³-hybridized carbons (Fsp3) is 0.0385. The predicted octanol–water partition coefficient (Wildman–Crippen LogP) is 7.70. The van der Waals surface area contributed by atoms with Crippen LogP contribution in [0.2, 0.25) is 0 Å². The van der Waals surface area contributed by atoms with E-state index in [0.717, 1.165) is 56.4 Å². The van der Waals surface area contributed by atoms with Crippen LogP contribution in [-0.4, -0.2) is 5.71 Å². The molecule has 2 aliphatic rings. The fourth-order valence-electron chi connectivity index (χ4n) is 4.12. The van der Waals surface area contributed by atoms with Crippen molar-refractivity contribution in [3.05, 3.63) is 107 Å². The molecule has 0 spiro atoms. The van der Waals surface area contributed by atoms with Gasteiger partial charge in [0.25, 0.3) is 0 Å². The van der Waals surface area contributed by atoms with Crippen LogP contribution in [0.3, 0.4) is 0 Å². The number of fused-ring (bicyclic) bond motifs is 3. The number of benzene rings is 4. The molecule has 30 heavy (non-hydrogen) atoms. The van der Waals surface area contributed by atoms with E-state index in [0.29, 0.717) is 0 Å². The van der Waals surface area contributed by atoms with Gasteiger partial charge in [-0.25, -0.2) is 0 Å². The average molecular weight is 453 g/mol. The number of anilines is 3. The van der Waals surface area contributed by atoms with E-state index in [1.165, 1.54) is 5.56 Å². The first-order valence-electron chi connectivity index (χ1n) is 9.89. The molecule has 2 aliphatic heterocycles. The molecule has 4 heteroatoms. The smallest absolute Gasteiger partial charge is 0.151 e. The zero-order chi connectivity index (χ0) is 20.1. The van der Waals surface area contributed by atoms with Gasteiger partial charge in [0.2, 0.25) is 0 Å². The van der Waals surface area contributed by atoms with Crippen molar-refractivity contribution in [2.24, 2.45) is 4.99 Å². The number of para-hydroxylation sites is 4. The first-order chi connectivity index (χ1) is 14.8. The lowest BCUT2D eigenvalue weighted by molar-refractivity contribution is 0.477. The second-order valence-electron chi connectivity index (χ2n) is 7.43. The van der Waals surface area contributed by atoms with E-state index >= 15 is 0 Å². The van der Waals surface area contributed by atoms with Gasteiger partial charge in [-0.2, -0.15) is 0 Å². The van der Waals surface area contributed by atoms with Crippen LogP contribution in [0, 0.1) is 0 Å². The maximum Gasteiger partial charge on any atom is 0.151 e. The number of aliphatic imine (C=N–C) groups is 1. The highest BCUT2D eigenvalue weighted by atomic mass is 79.9. The molecule has 0 N–H and O–H groups in total. The summed E-state index contributed by atoms with van der Waals surface area (Å²) in [5.41, 5.74) is 7.77. The third-order valence-corrected chi connectivity index (χ3v) is 6.04. The SMILES string of the molecule is Brc1ccc2c(c1)CC(c1ccc(N3c4ccccc4Oc4ccccc43)cc1)=N2. The average Bonchev–Trinajstić information content (AvgIpc) is 3.21. The summed E-state index contributed by atoms with van der Waals surface area (Å²) in [6.07, 6.45) is 0.858. The second kappa shape index (κ2) is 6.85. The van der Waals surface area contributed by atoms with Gasteiger partial charge in [0, 0.05) is 16.6 Å². The largest absolute Gasteiger partial charge is 0.453 e. The monoisotopic (exact) mass is 452 g/mol. The van der Waals surface area contributed by atoms with E-state index in [-0.39, 0.29) is 0 Å². The zero-order valence-electron chi connectivity index (χ0n) is 16.0. The normalized spacial score (nSPS) is 13.8. The van der Waals surface area contributed by atoms with Gasteiger partial charge >= 0.3 is 0 Å². The highest BCUT2D eigenvalue weighted by Gasteiger charge is 2.25. The summed E-state index contributed by atoms with van der Waals surface area (Å²) >= 11 is 3.55. The molecule has 0 radical (unpaired) electrons. The number of hydrogen-bond acceptors (Lipinski definition) is 3. The van der Waals surface area contributed by atoms with Gasteiger partial charge in [0.15, 0.2) is 11.5 Å². The molecule has 0 saturated heterocycles. The van der Waals surface area contributed by atoms with E-state index in [2.05, 4.69) is 69.4 Å². The lowest BCUT2D eigenvalue weighted by Crippen LogP contribution is -2.15. The Balaban J connectivity index is 1.38. The summed E-state index contributed by atoms with van der Waals surface area (Å²) in [6, 6.07) is 31.2. The molecule has 0 atom stereocenters. The lowest BCUT2D eigenvalue weighted by Gasteiger charge is -2.32. The molecule has 3 nitrogen and oxygen atoms in total. The van der Waals surface area contributed by atoms with Gasteiger partial charge in [0.05, 0.1) is 22.8 Å². The van der Waals surface area contributed by atoms with Crippen molar-refractivity contribution >= 4 is 44.4 Å². The maximum atomic E-state index is 6.12. The van der Waals surface area contributed by atoms with Crippen molar-refractivity contribution in [2.45, 2.75) is 6.42 Å². The Morgan fingerprint density at radius 2 is 1.43 bits per heavy atom. The van der Waals surface area contributed by atoms with Crippen LogP contribution in [0.1, 0.15) is 11.1 Å². The predicted molar refractivity (Wildman–Crippen MR) is 125 cm³/mol. The molecule has 0 bridgehead atoms. The number of halogens is 1. The van der Waals surface area contributed by atoms with Crippen LogP contribution in [0.25, 0.3) is 0 Å². The van der Waals surface area contributed by atoms with E-state index < -0.39 is 0 Å². The third-order valence-electron chi connectivity index (χ3n) is 5.55. The molecule has 0 amide bonds. The molecule has 2 heterocycles. The van der Waals surface area contributed by atoms with Crippen LogP contribution in [0.5, 0.6) is 11.5 Å². The Hall–Kier alpha value is -3.37. The Morgan fingerprint density at radius 3 is 2.13 bits per heavy atom. The minimum absolute atomic E-state index is 0.858. The summed E-state index contributed by atoms with van der Waals surface area (Å²) in [7, 11) is 0. The summed E-state index contributed by atoms with van der Waals surface area (Å²) < 4.78 is 7.21. The molecular formula is C26H17BrN2O. The van der Waals surface area contributed by atoms with Crippen molar-refractivity contribution in [1.29, 1.82) is 0 Å². The molecule has 0 unspecified atom stereocenters. The van der Waals surface area contributed by atoms with Crippen LogP contribution in [0.15, 0.2) is 100 Å². The van der Waals surface area contributed by atoms with E-state index in [4.69, 9.17) is 9.73 Å². The van der Waals surface area contributed by atoms with Gasteiger partial charge in [-0.05, 0) is 65.7 Å². The van der Waals surface area contributed by atoms with Gasteiger partial charge < -0.3 is 9.64 Å². The molecule has 4 aromatic carbocycles. The van der Waals surface area contributed by atoms with Crippen molar-refractivity contribution in [3.63, 3.8) is 0 Å². The lowest BCUT2D eigenvalue weighted by atomic mass is 10.0. The zero-order valence-corrected chi connectivity index (χ0v) is 17.6. The van der Waals surface area contributed by atoms with E-state index in [1.807, 2.05) is 42.5 Å². The molecule has 0 aliphatic carbocycles.